The molecule has 14 heteroatoms. The number of hydrogen-bond donors (Lipinski definition) is 2. The lowest BCUT2D eigenvalue weighted by atomic mass is 9.72. The van der Waals surface area contributed by atoms with Gasteiger partial charge in [0.25, 0.3) is 15.9 Å². The van der Waals surface area contributed by atoms with Gasteiger partial charge in [-0.25, -0.2) is 18.2 Å². The van der Waals surface area contributed by atoms with Crippen LogP contribution in [-0.4, -0.2) is 50.9 Å². The molecule has 0 spiro atoms. The summed E-state index contributed by atoms with van der Waals surface area (Å²) in [6.45, 7) is 16.9. The van der Waals surface area contributed by atoms with Crippen LogP contribution in [0, 0.1) is 30.6 Å². The number of rotatable bonds is 17. The number of Topliss-reactive ketones (excluding diaryl/α,β-unsaturated/α-hetero) is 1. The summed E-state index contributed by atoms with van der Waals surface area (Å²) in [7, 11) is -2.62. The minimum atomic E-state index is -4.05. The van der Waals surface area contributed by atoms with Crippen LogP contribution in [0.5, 0.6) is 5.75 Å². The van der Waals surface area contributed by atoms with E-state index in [0.717, 1.165) is 17.5 Å². The van der Waals surface area contributed by atoms with Crippen molar-refractivity contribution in [1.29, 1.82) is 5.26 Å². The van der Waals surface area contributed by atoms with Crippen LogP contribution in [-0.2, 0) is 25.0 Å². The Bertz CT molecular complexity index is 2980. The Morgan fingerprint density at radius 2 is 1.64 bits per heavy atom. The highest BCUT2D eigenvalue weighted by Gasteiger charge is 2.35. The van der Waals surface area contributed by atoms with E-state index in [9.17, 15) is 28.1 Å². The lowest BCUT2D eigenvalue weighted by Gasteiger charge is -2.32. The summed E-state index contributed by atoms with van der Waals surface area (Å²) in [5, 5.41) is 13.0. The van der Waals surface area contributed by atoms with Gasteiger partial charge in [0.15, 0.2) is 5.58 Å². The van der Waals surface area contributed by atoms with Crippen LogP contribution in [0.4, 0.5) is 21.9 Å². The number of aryl methyl sites for hydroxylation is 2. The molecule has 6 aromatic rings. The molecule has 348 valence electrons. The molecule has 0 aliphatic heterocycles. The summed E-state index contributed by atoms with van der Waals surface area (Å²) in [4.78, 5) is 48.9. The zero-order valence-corrected chi connectivity index (χ0v) is 40.2. The van der Waals surface area contributed by atoms with E-state index < -0.39 is 33.9 Å². The fourth-order valence-electron chi connectivity index (χ4n) is 7.98. The van der Waals surface area contributed by atoms with Crippen LogP contribution >= 0.6 is 0 Å². The normalized spacial score (nSPS) is 12.5. The Balaban J connectivity index is 1.29. The van der Waals surface area contributed by atoms with Crippen molar-refractivity contribution in [2.75, 3.05) is 28.6 Å². The van der Waals surface area contributed by atoms with Gasteiger partial charge in [-0.15, -0.1) is 0 Å². The second-order valence-electron chi connectivity index (χ2n) is 18.4. The predicted molar refractivity (Wildman–Crippen MR) is 263 cm³/mol. The van der Waals surface area contributed by atoms with Crippen molar-refractivity contribution in [3.63, 3.8) is 0 Å². The lowest BCUT2D eigenvalue weighted by molar-refractivity contribution is -0.122. The molecule has 0 saturated carbocycles. The summed E-state index contributed by atoms with van der Waals surface area (Å²) < 4.78 is 46.3. The van der Waals surface area contributed by atoms with Crippen molar-refractivity contribution in [3.05, 3.63) is 143 Å². The quantitative estimate of drug-likeness (QED) is 0.0507. The first-order chi connectivity index (χ1) is 31.7. The predicted octanol–water partition coefficient (Wildman–Crippen LogP) is 11.7. The number of unbranched alkanes of at least 4 members (excludes halogenated alkanes) is 1. The number of fused-ring (bicyclic) bond motifs is 1. The highest BCUT2D eigenvalue weighted by Crippen LogP contribution is 2.38. The summed E-state index contributed by atoms with van der Waals surface area (Å²) in [5.74, 6) is -1.39. The molecule has 1 unspecified atom stereocenters. The largest absolute Gasteiger partial charge is 0.495 e. The lowest BCUT2D eigenvalue weighted by Crippen LogP contribution is -2.43. The molecule has 6 rings (SSSR count). The SMILES string of the molecule is CCCCN(C(=O)OC(C(=O)Nc1ccccc1OC)C(=O)c1cccc(NS(=O)(=O)c2ccc(C)cc2)c1)c1ccc(C=C(C#N)c2nc3cc(C(C)(C)CC(C)(C)C)ccc3o2)c(C)c1. The molecule has 1 aromatic heterocycles. The van der Waals surface area contributed by atoms with Crippen LogP contribution < -0.4 is 19.7 Å². The molecule has 0 radical (unpaired) electrons. The number of para-hydroxylation sites is 2. The minimum absolute atomic E-state index is 0.0165. The van der Waals surface area contributed by atoms with Crippen LogP contribution in [0.2, 0.25) is 0 Å². The van der Waals surface area contributed by atoms with E-state index in [1.165, 1.54) is 48.4 Å². The van der Waals surface area contributed by atoms with Gasteiger partial charge in [-0.1, -0.05) is 102 Å². The van der Waals surface area contributed by atoms with Crippen molar-refractivity contribution in [2.24, 2.45) is 5.41 Å². The molecule has 2 N–H and O–H groups in total. The van der Waals surface area contributed by atoms with E-state index >= 15 is 0 Å². The van der Waals surface area contributed by atoms with E-state index in [1.54, 1.807) is 60.7 Å². The van der Waals surface area contributed by atoms with Gasteiger partial charge in [-0.2, -0.15) is 5.26 Å². The maximum absolute atomic E-state index is 14.4. The number of anilines is 3. The monoisotopic (exact) mass is 923 g/mol. The third-order valence-electron chi connectivity index (χ3n) is 11.1. The van der Waals surface area contributed by atoms with Gasteiger partial charge in [0.2, 0.25) is 17.8 Å². The number of ether oxygens (including phenoxy) is 2. The standard InChI is InChI=1S/C53H57N5O8S/c1-10-11-27-58(41-23-21-36(35(3)28-41)29-38(32-54)50-56-44-31-39(22-26-46(44)65-50)53(7,8)33-52(4,5)6)51(61)66-48(49(60)55-43-17-12-13-18-45(43)64-9)47(59)37-15-14-16-40(30-37)57-67(62,63)42-24-19-34(2)20-25-42/h12-26,28-31,48,57H,10-11,27,33H2,1-9H3,(H,55,60). The molecule has 0 fully saturated rings. The first-order valence-corrected chi connectivity index (χ1v) is 23.5. The Hall–Kier alpha value is -7.24. The number of hydrogen-bond acceptors (Lipinski definition) is 10. The molecule has 1 atom stereocenters. The number of amides is 2. The highest BCUT2D eigenvalue weighted by atomic mass is 32.2. The Kier molecular flexibility index (Phi) is 15.1. The Labute approximate surface area is 392 Å². The van der Waals surface area contributed by atoms with Crippen LogP contribution in [0.15, 0.2) is 119 Å². The Morgan fingerprint density at radius 1 is 0.910 bits per heavy atom. The zero-order chi connectivity index (χ0) is 48.7. The molecule has 0 aliphatic carbocycles. The van der Waals surface area contributed by atoms with Gasteiger partial charge in [0, 0.05) is 23.5 Å². The highest BCUT2D eigenvalue weighted by molar-refractivity contribution is 7.92. The van der Waals surface area contributed by atoms with E-state index in [0.29, 0.717) is 46.5 Å². The molecule has 5 aromatic carbocycles. The molecular formula is C53H57N5O8S. The van der Waals surface area contributed by atoms with Gasteiger partial charge < -0.3 is 19.2 Å². The van der Waals surface area contributed by atoms with Crippen molar-refractivity contribution in [2.45, 2.75) is 91.1 Å². The third kappa shape index (κ3) is 12.2. The van der Waals surface area contributed by atoms with Crippen molar-refractivity contribution < 1.29 is 36.7 Å². The minimum Gasteiger partial charge on any atom is -0.495 e. The topological polar surface area (TPSA) is 181 Å². The average molecular weight is 924 g/mol. The van der Waals surface area contributed by atoms with Crippen LogP contribution in [0.25, 0.3) is 22.7 Å². The summed E-state index contributed by atoms with van der Waals surface area (Å²) in [6.07, 6.45) is 0.889. The number of nitrogens with zero attached hydrogens (tertiary/aromatic N) is 3. The fraction of sp³-hybridized carbons (Fsp3) is 0.302. The molecule has 2 amide bonds. The Morgan fingerprint density at radius 3 is 2.31 bits per heavy atom. The summed E-state index contributed by atoms with van der Waals surface area (Å²) in [6, 6.07) is 31.8. The third-order valence-corrected chi connectivity index (χ3v) is 12.5. The molecule has 1 heterocycles. The van der Waals surface area contributed by atoms with E-state index in [1.807, 2.05) is 39.0 Å². The number of ketones is 1. The van der Waals surface area contributed by atoms with Gasteiger partial charge in [0.05, 0.1) is 17.7 Å². The fourth-order valence-corrected chi connectivity index (χ4v) is 9.03. The van der Waals surface area contributed by atoms with E-state index in [2.05, 4.69) is 50.7 Å². The first-order valence-electron chi connectivity index (χ1n) is 22.0. The van der Waals surface area contributed by atoms with Gasteiger partial charge >= 0.3 is 6.09 Å². The maximum atomic E-state index is 14.4. The zero-order valence-electron chi connectivity index (χ0n) is 39.4. The van der Waals surface area contributed by atoms with Crippen molar-refractivity contribution in [1.82, 2.24) is 4.98 Å². The number of carbonyl (C=O) groups is 3. The number of aromatic nitrogens is 1. The number of carbonyl (C=O) groups excluding carboxylic acids is 3. The van der Waals surface area contributed by atoms with Crippen LogP contribution in [0.1, 0.15) is 99.3 Å². The van der Waals surface area contributed by atoms with Gasteiger partial charge in [-0.05, 0) is 121 Å². The smallest absolute Gasteiger partial charge is 0.415 e. The molecule has 67 heavy (non-hydrogen) atoms. The average Bonchev–Trinajstić information content (AvgIpc) is 3.71. The number of benzene rings is 5. The van der Waals surface area contributed by atoms with E-state index in [-0.39, 0.29) is 50.7 Å². The second kappa shape index (κ2) is 20.5. The molecule has 13 nitrogen and oxygen atoms in total. The maximum Gasteiger partial charge on any atom is 0.415 e. The second-order valence-corrected chi connectivity index (χ2v) is 20.0. The number of allylic oxidation sites excluding steroid dienone is 1. The first kappa shape index (κ1) is 49.2. The van der Waals surface area contributed by atoms with Gasteiger partial charge in [0.1, 0.15) is 22.9 Å². The van der Waals surface area contributed by atoms with E-state index in [4.69, 9.17) is 18.9 Å². The summed E-state index contributed by atoms with van der Waals surface area (Å²) in [5.41, 5.74) is 5.39. The van der Waals surface area contributed by atoms with Crippen LogP contribution in [0.3, 0.4) is 0 Å². The number of nitriles is 1. The molecular weight excluding hydrogens is 867 g/mol. The van der Waals surface area contributed by atoms with Crippen molar-refractivity contribution >= 4 is 67.6 Å². The van der Waals surface area contributed by atoms with Gasteiger partial charge in [-0.3, -0.25) is 19.2 Å². The number of sulfonamides is 1. The molecule has 0 aliphatic rings. The number of nitrogens with one attached hydrogen (secondary N) is 2. The number of oxazole rings is 1. The molecule has 0 bridgehead atoms. The summed E-state index contributed by atoms with van der Waals surface area (Å²) >= 11 is 0. The van der Waals surface area contributed by atoms with Crippen molar-refractivity contribution in [3.8, 4) is 11.8 Å². The number of methoxy groups -OCH3 is 1. The molecule has 0 saturated heterocycles.